The standard InChI is InChI=1S/C59H73N/c1-36-24-26-44-49(57(11,12)32-29-54(44,5)6)51(36)60(52-37(2)25-27-45-50(52)58(13,14)33-30-55(45,7)8)47-35-46-40(38-20-17-18-22-42(38)59(46,15)16)34-41(47)39-21-19-23-43-48(39)56(9,10)31-28-53(43,3)4/h17-27,34-35H,28-33H2,1-16H3. The molecule has 0 unspecified atom stereocenters. The molecule has 0 bridgehead atoms. The fraction of sp³-hybridized carbons (Fsp3) is 0.492. The van der Waals surface area contributed by atoms with Gasteiger partial charge in [0.1, 0.15) is 0 Å². The van der Waals surface area contributed by atoms with Gasteiger partial charge in [0.05, 0.1) is 17.1 Å². The summed E-state index contributed by atoms with van der Waals surface area (Å²) in [4.78, 5) is 2.88. The Labute approximate surface area is 364 Å². The van der Waals surface area contributed by atoms with Gasteiger partial charge in [0.15, 0.2) is 0 Å². The van der Waals surface area contributed by atoms with Crippen LogP contribution < -0.4 is 4.90 Å². The first-order valence-corrected chi connectivity index (χ1v) is 23.3. The number of hydrogen-bond donors (Lipinski definition) is 0. The van der Waals surface area contributed by atoms with Gasteiger partial charge in [-0.25, -0.2) is 0 Å². The van der Waals surface area contributed by atoms with Crippen LogP contribution in [-0.2, 0) is 37.9 Å². The minimum atomic E-state index is -0.152. The van der Waals surface area contributed by atoms with Gasteiger partial charge in [-0.15, -0.1) is 0 Å². The molecule has 0 aromatic heterocycles. The maximum absolute atomic E-state index is 2.88. The third-order valence-electron chi connectivity index (χ3n) is 16.8. The third kappa shape index (κ3) is 5.90. The van der Waals surface area contributed by atoms with Gasteiger partial charge in [-0.1, -0.05) is 164 Å². The van der Waals surface area contributed by atoms with E-state index in [2.05, 4.69) is 195 Å². The van der Waals surface area contributed by atoms with Crippen molar-refractivity contribution >= 4 is 17.1 Å². The van der Waals surface area contributed by atoms with Gasteiger partial charge in [-0.05, 0) is 169 Å². The summed E-state index contributed by atoms with van der Waals surface area (Å²) in [6, 6.07) is 31.8. The van der Waals surface area contributed by atoms with E-state index in [0.29, 0.717) is 0 Å². The molecule has 0 aliphatic heterocycles. The van der Waals surface area contributed by atoms with Gasteiger partial charge in [-0.2, -0.15) is 0 Å². The van der Waals surface area contributed by atoms with Crippen molar-refractivity contribution in [3.05, 3.63) is 134 Å². The van der Waals surface area contributed by atoms with Crippen molar-refractivity contribution in [3.63, 3.8) is 0 Å². The molecular formula is C59H73N. The van der Waals surface area contributed by atoms with Gasteiger partial charge in [0.2, 0.25) is 0 Å². The Morgan fingerprint density at radius 1 is 0.350 bits per heavy atom. The molecule has 314 valence electrons. The van der Waals surface area contributed by atoms with Crippen molar-refractivity contribution in [1.29, 1.82) is 0 Å². The lowest BCUT2D eigenvalue weighted by molar-refractivity contribution is 0.331. The molecule has 5 aromatic carbocycles. The van der Waals surface area contributed by atoms with E-state index >= 15 is 0 Å². The van der Waals surface area contributed by atoms with Gasteiger partial charge in [0, 0.05) is 11.0 Å². The third-order valence-corrected chi connectivity index (χ3v) is 16.8. The molecule has 0 heterocycles. The summed E-state index contributed by atoms with van der Waals surface area (Å²) >= 11 is 0. The topological polar surface area (TPSA) is 3.24 Å². The number of fused-ring (bicyclic) bond motifs is 6. The number of nitrogens with zero attached hydrogens (tertiary/aromatic N) is 1. The highest BCUT2D eigenvalue weighted by molar-refractivity contribution is 5.98. The van der Waals surface area contributed by atoms with Crippen LogP contribution in [0.15, 0.2) is 78.9 Å². The Hall–Kier alpha value is -4.10. The average molecular weight is 796 g/mol. The lowest BCUT2D eigenvalue weighted by Crippen LogP contribution is -2.38. The van der Waals surface area contributed by atoms with E-state index < -0.39 is 0 Å². The molecule has 60 heavy (non-hydrogen) atoms. The van der Waals surface area contributed by atoms with Crippen LogP contribution >= 0.6 is 0 Å². The second-order valence-electron chi connectivity index (χ2n) is 24.3. The monoisotopic (exact) mass is 796 g/mol. The van der Waals surface area contributed by atoms with Crippen LogP contribution in [0.1, 0.15) is 191 Å². The molecule has 5 aromatic rings. The van der Waals surface area contributed by atoms with E-state index in [1.54, 1.807) is 0 Å². The predicted molar refractivity (Wildman–Crippen MR) is 259 cm³/mol. The number of rotatable bonds is 4. The molecular weight excluding hydrogens is 723 g/mol. The lowest BCUT2D eigenvalue weighted by atomic mass is 9.61. The fourth-order valence-electron chi connectivity index (χ4n) is 12.7. The van der Waals surface area contributed by atoms with Crippen molar-refractivity contribution in [1.82, 2.24) is 0 Å². The van der Waals surface area contributed by atoms with Crippen LogP contribution in [0.5, 0.6) is 0 Å². The van der Waals surface area contributed by atoms with Crippen LogP contribution in [0, 0.1) is 13.8 Å². The number of aryl methyl sites for hydroxylation is 2. The molecule has 0 saturated heterocycles. The zero-order chi connectivity index (χ0) is 43.3. The van der Waals surface area contributed by atoms with E-state index in [4.69, 9.17) is 0 Å². The Morgan fingerprint density at radius 3 is 1.28 bits per heavy atom. The van der Waals surface area contributed by atoms with Gasteiger partial charge >= 0.3 is 0 Å². The second kappa shape index (κ2) is 13.0. The maximum Gasteiger partial charge on any atom is 0.0544 e. The average Bonchev–Trinajstić information content (AvgIpc) is 3.40. The fourth-order valence-corrected chi connectivity index (χ4v) is 12.7. The van der Waals surface area contributed by atoms with E-state index in [1.807, 2.05) is 0 Å². The van der Waals surface area contributed by atoms with E-state index in [-0.39, 0.29) is 37.9 Å². The van der Waals surface area contributed by atoms with Gasteiger partial charge in [0.25, 0.3) is 0 Å². The second-order valence-corrected chi connectivity index (χ2v) is 24.3. The summed E-state index contributed by atoms with van der Waals surface area (Å²) < 4.78 is 0. The molecule has 4 aliphatic carbocycles. The number of benzene rings is 5. The van der Waals surface area contributed by atoms with Gasteiger partial charge in [-0.3, -0.25) is 0 Å². The Morgan fingerprint density at radius 2 is 0.767 bits per heavy atom. The Kier molecular flexibility index (Phi) is 8.92. The van der Waals surface area contributed by atoms with E-state index in [1.165, 1.54) is 121 Å². The normalized spacial score (nSPS) is 21.5. The van der Waals surface area contributed by atoms with Crippen LogP contribution in [0.3, 0.4) is 0 Å². The molecule has 0 atom stereocenters. The van der Waals surface area contributed by atoms with Crippen molar-refractivity contribution in [2.75, 3.05) is 4.90 Å². The first-order valence-electron chi connectivity index (χ1n) is 23.3. The SMILES string of the molecule is Cc1ccc2c(c1N(c1cc3c(cc1-c1cccc4c1C(C)(C)CCC4(C)C)-c1ccccc1C3(C)C)c1c(C)ccc3c1C(C)(C)CCC3(C)C)C(C)(C)CCC2(C)C. The summed E-state index contributed by atoms with van der Waals surface area (Å²) in [5, 5.41) is 0. The molecule has 0 amide bonds. The highest BCUT2D eigenvalue weighted by atomic mass is 15.2. The van der Waals surface area contributed by atoms with Gasteiger partial charge < -0.3 is 4.90 Å². The lowest BCUT2D eigenvalue weighted by Gasteiger charge is -2.48. The summed E-state index contributed by atoms with van der Waals surface area (Å²) in [6.07, 6.45) is 7.07. The molecule has 4 aliphatic rings. The number of anilines is 3. The van der Waals surface area contributed by atoms with Crippen molar-refractivity contribution < 1.29 is 0 Å². The van der Waals surface area contributed by atoms with E-state index in [0.717, 1.165) is 12.8 Å². The predicted octanol–water partition coefficient (Wildman–Crippen LogP) is 16.8. The number of hydrogen-bond acceptors (Lipinski definition) is 1. The van der Waals surface area contributed by atoms with Crippen LogP contribution in [-0.4, -0.2) is 0 Å². The summed E-state index contributed by atoms with van der Waals surface area (Å²) in [6.45, 7) is 39.8. The highest BCUT2D eigenvalue weighted by Crippen LogP contribution is 2.61. The van der Waals surface area contributed by atoms with Crippen molar-refractivity contribution in [2.45, 2.75) is 187 Å². The molecule has 1 nitrogen and oxygen atoms in total. The zero-order valence-corrected chi connectivity index (χ0v) is 40.2. The van der Waals surface area contributed by atoms with E-state index in [9.17, 15) is 0 Å². The maximum atomic E-state index is 2.88. The molecule has 9 rings (SSSR count). The molecule has 0 fully saturated rings. The van der Waals surface area contributed by atoms with Crippen LogP contribution in [0.25, 0.3) is 22.3 Å². The minimum Gasteiger partial charge on any atom is -0.309 e. The quantitative estimate of drug-likeness (QED) is 0.175. The Bertz CT molecular complexity index is 2510. The molecule has 0 spiro atoms. The zero-order valence-electron chi connectivity index (χ0n) is 40.2. The summed E-state index contributed by atoms with van der Waals surface area (Å²) in [5.74, 6) is 0. The molecule has 0 N–H and O–H groups in total. The van der Waals surface area contributed by atoms with Crippen LogP contribution in [0.4, 0.5) is 17.1 Å². The largest absolute Gasteiger partial charge is 0.309 e. The molecule has 1 heteroatoms. The van der Waals surface area contributed by atoms with Crippen LogP contribution in [0.2, 0.25) is 0 Å². The minimum absolute atomic E-state index is 0.00762. The highest BCUT2D eigenvalue weighted by Gasteiger charge is 2.46. The Balaban J connectivity index is 1.52. The van der Waals surface area contributed by atoms with Crippen molar-refractivity contribution in [3.8, 4) is 22.3 Å². The first-order chi connectivity index (χ1) is 27.8. The molecule has 0 saturated carbocycles. The summed E-state index contributed by atoms with van der Waals surface area (Å²) in [5.41, 5.74) is 24.5. The first kappa shape index (κ1) is 41.3. The summed E-state index contributed by atoms with van der Waals surface area (Å²) in [7, 11) is 0. The van der Waals surface area contributed by atoms with Crippen molar-refractivity contribution in [2.24, 2.45) is 0 Å². The smallest absolute Gasteiger partial charge is 0.0544 e. The molecule has 0 radical (unpaired) electrons.